The molecule has 0 amide bonds. The largest absolute Gasteiger partial charge is 0.393 e. The Hall–Kier alpha value is -0.0400. The van der Waals surface area contributed by atoms with Crippen LogP contribution in [0.4, 0.5) is 0 Å². The van der Waals surface area contributed by atoms with Crippen molar-refractivity contribution >= 4 is 0 Å². The summed E-state index contributed by atoms with van der Waals surface area (Å²) in [6.45, 7) is 6.77. The van der Waals surface area contributed by atoms with Crippen LogP contribution in [0.5, 0.6) is 0 Å². The van der Waals surface area contributed by atoms with Crippen LogP contribution < -0.4 is 0 Å². The second kappa shape index (κ2) is 4.99. The third kappa shape index (κ3) is 2.46. The minimum Gasteiger partial charge on any atom is -0.393 e. The first-order valence-electron chi connectivity index (χ1n) is 5.88. The van der Waals surface area contributed by atoms with Gasteiger partial charge in [0.25, 0.3) is 0 Å². The highest BCUT2D eigenvalue weighted by Crippen LogP contribution is 2.39. The van der Waals surface area contributed by atoms with Crippen molar-refractivity contribution in [3.8, 4) is 0 Å². The molecule has 1 nitrogen and oxygen atoms in total. The first-order valence-corrected chi connectivity index (χ1v) is 5.88. The molecule has 1 rings (SSSR count). The van der Waals surface area contributed by atoms with Gasteiger partial charge < -0.3 is 5.11 Å². The fourth-order valence-electron chi connectivity index (χ4n) is 2.92. The van der Waals surface area contributed by atoms with Gasteiger partial charge >= 0.3 is 0 Å². The maximum atomic E-state index is 9.79. The zero-order valence-electron chi connectivity index (χ0n) is 9.29. The molecule has 0 heterocycles. The van der Waals surface area contributed by atoms with Crippen molar-refractivity contribution in [3.63, 3.8) is 0 Å². The van der Waals surface area contributed by atoms with Gasteiger partial charge in [0, 0.05) is 0 Å². The standard InChI is InChI=1S/C12H24O/c1-4-6-11-9(3)12(13)8-7-10(11)5-2/h9-13H,4-8H2,1-3H3/t9?,10?,11-,12?/m1/s1. The van der Waals surface area contributed by atoms with Crippen LogP contribution >= 0.6 is 0 Å². The molecule has 78 valence electrons. The van der Waals surface area contributed by atoms with Gasteiger partial charge in [-0.1, -0.05) is 40.0 Å². The van der Waals surface area contributed by atoms with Gasteiger partial charge in [0.1, 0.15) is 0 Å². The van der Waals surface area contributed by atoms with E-state index in [9.17, 15) is 5.11 Å². The number of hydrogen-bond acceptors (Lipinski definition) is 1. The molecule has 1 heteroatoms. The van der Waals surface area contributed by atoms with Crippen LogP contribution in [-0.4, -0.2) is 11.2 Å². The Bertz CT molecular complexity index is 142. The molecular formula is C12H24O. The molecule has 0 radical (unpaired) electrons. The normalized spacial score (nSPS) is 40.6. The van der Waals surface area contributed by atoms with Crippen LogP contribution in [-0.2, 0) is 0 Å². The topological polar surface area (TPSA) is 20.2 Å². The lowest BCUT2D eigenvalue weighted by Gasteiger charge is -2.39. The Morgan fingerprint density at radius 2 is 1.92 bits per heavy atom. The number of aliphatic hydroxyl groups is 1. The molecule has 0 bridgehead atoms. The van der Waals surface area contributed by atoms with E-state index in [-0.39, 0.29) is 6.10 Å². The second-order valence-corrected chi connectivity index (χ2v) is 4.62. The summed E-state index contributed by atoms with van der Waals surface area (Å²) in [5, 5.41) is 9.79. The highest BCUT2D eigenvalue weighted by molar-refractivity contribution is 4.84. The molecule has 13 heavy (non-hydrogen) atoms. The second-order valence-electron chi connectivity index (χ2n) is 4.62. The highest BCUT2D eigenvalue weighted by Gasteiger charge is 2.33. The van der Waals surface area contributed by atoms with Gasteiger partial charge in [-0.25, -0.2) is 0 Å². The van der Waals surface area contributed by atoms with Crippen molar-refractivity contribution in [3.05, 3.63) is 0 Å². The average Bonchev–Trinajstić information content (AvgIpc) is 2.14. The van der Waals surface area contributed by atoms with E-state index in [1.165, 1.54) is 25.7 Å². The summed E-state index contributed by atoms with van der Waals surface area (Å²) in [5.74, 6) is 2.18. The number of rotatable bonds is 3. The van der Waals surface area contributed by atoms with E-state index < -0.39 is 0 Å². The van der Waals surface area contributed by atoms with Crippen LogP contribution in [0.2, 0.25) is 0 Å². The average molecular weight is 184 g/mol. The number of aliphatic hydroxyl groups excluding tert-OH is 1. The Balaban J connectivity index is 2.57. The molecule has 0 aliphatic heterocycles. The summed E-state index contributed by atoms with van der Waals surface area (Å²) < 4.78 is 0. The lowest BCUT2D eigenvalue weighted by Crippen LogP contribution is -2.36. The van der Waals surface area contributed by atoms with Crippen LogP contribution in [0.3, 0.4) is 0 Å². The molecule has 1 N–H and O–H groups in total. The number of hydrogen-bond donors (Lipinski definition) is 1. The lowest BCUT2D eigenvalue weighted by atomic mass is 9.68. The summed E-state index contributed by atoms with van der Waals surface area (Å²) in [4.78, 5) is 0. The highest BCUT2D eigenvalue weighted by atomic mass is 16.3. The van der Waals surface area contributed by atoms with Gasteiger partial charge in [0.05, 0.1) is 6.10 Å². The van der Waals surface area contributed by atoms with Crippen molar-refractivity contribution in [1.82, 2.24) is 0 Å². The zero-order valence-corrected chi connectivity index (χ0v) is 9.29. The molecule has 0 spiro atoms. The smallest absolute Gasteiger partial charge is 0.0568 e. The van der Waals surface area contributed by atoms with E-state index in [1.54, 1.807) is 0 Å². The van der Waals surface area contributed by atoms with Crippen molar-refractivity contribution in [2.24, 2.45) is 17.8 Å². The van der Waals surface area contributed by atoms with E-state index in [1.807, 2.05) is 0 Å². The molecule has 1 aliphatic rings. The lowest BCUT2D eigenvalue weighted by molar-refractivity contribution is 0.00643. The van der Waals surface area contributed by atoms with Gasteiger partial charge in [-0.3, -0.25) is 0 Å². The summed E-state index contributed by atoms with van der Waals surface area (Å²) in [6, 6.07) is 0. The minimum atomic E-state index is -0.0284. The summed E-state index contributed by atoms with van der Waals surface area (Å²) in [5.41, 5.74) is 0. The van der Waals surface area contributed by atoms with Crippen molar-refractivity contribution in [1.29, 1.82) is 0 Å². The quantitative estimate of drug-likeness (QED) is 0.714. The zero-order chi connectivity index (χ0) is 9.84. The third-order valence-electron chi connectivity index (χ3n) is 3.87. The molecule has 0 aromatic carbocycles. The molecule has 0 saturated heterocycles. The SMILES string of the molecule is CCC[C@H]1C(CC)CCC(O)C1C. The molecule has 0 aromatic heterocycles. The van der Waals surface area contributed by atoms with E-state index in [2.05, 4.69) is 20.8 Å². The van der Waals surface area contributed by atoms with Crippen LogP contribution in [0.15, 0.2) is 0 Å². The van der Waals surface area contributed by atoms with Crippen LogP contribution in [0, 0.1) is 17.8 Å². The Morgan fingerprint density at radius 3 is 2.46 bits per heavy atom. The summed E-state index contributed by atoms with van der Waals surface area (Å²) >= 11 is 0. The van der Waals surface area contributed by atoms with Crippen molar-refractivity contribution in [2.45, 2.75) is 59.0 Å². The predicted octanol–water partition coefficient (Wildman–Crippen LogP) is 3.22. The molecule has 3 unspecified atom stereocenters. The first-order chi connectivity index (χ1) is 6.20. The Morgan fingerprint density at radius 1 is 1.23 bits per heavy atom. The first kappa shape index (κ1) is 11.0. The molecule has 1 saturated carbocycles. The Kier molecular flexibility index (Phi) is 4.24. The maximum absolute atomic E-state index is 9.79. The third-order valence-corrected chi connectivity index (χ3v) is 3.87. The minimum absolute atomic E-state index is 0.0284. The van der Waals surface area contributed by atoms with E-state index in [4.69, 9.17) is 0 Å². The van der Waals surface area contributed by atoms with Gasteiger partial charge in [0.2, 0.25) is 0 Å². The van der Waals surface area contributed by atoms with E-state index in [0.29, 0.717) is 5.92 Å². The fourth-order valence-corrected chi connectivity index (χ4v) is 2.92. The van der Waals surface area contributed by atoms with E-state index >= 15 is 0 Å². The molecule has 1 aliphatic carbocycles. The van der Waals surface area contributed by atoms with Crippen LogP contribution in [0.1, 0.15) is 52.9 Å². The van der Waals surface area contributed by atoms with Gasteiger partial charge in [-0.15, -0.1) is 0 Å². The molecule has 4 atom stereocenters. The summed E-state index contributed by atoms with van der Waals surface area (Å²) in [6.07, 6.45) is 6.10. The molecule has 0 aromatic rings. The Labute approximate surface area is 82.5 Å². The van der Waals surface area contributed by atoms with E-state index in [0.717, 1.165) is 18.3 Å². The monoisotopic (exact) mass is 184 g/mol. The predicted molar refractivity (Wildman–Crippen MR) is 56.6 cm³/mol. The summed E-state index contributed by atoms with van der Waals surface area (Å²) in [7, 11) is 0. The van der Waals surface area contributed by atoms with Gasteiger partial charge in [-0.2, -0.15) is 0 Å². The fraction of sp³-hybridized carbons (Fsp3) is 1.00. The van der Waals surface area contributed by atoms with Gasteiger partial charge in [-0.05, 0) is 30.6 Å². The molecular weight excluding hydrogens is 160 g/mol. The maximum Gasteiger partial charge on any atom is 0.0568 e. The van der Waals surface area contributed by atoms with Crippen molar-refractivity contribution < 1.29 is 5.11 Å². The van der Waals surface area contributed by atoms with Crippen LogP contribution in [0.25, 0.3) is 0 Å². The van der Waals surface area contributed by atoms with Crippen molar-refractivity contribution in [2.75, 3.05) is 0 Å². The molecule has 1 fully saturated rings. The van der Waals surface area contributed by atoms with Gasteiger partial charge in [0.15, 0.2) is 0 Å².